The third-order valence-electron chi connectivity index (χ3n) is 2.93. The number of ether oxygens (including phenoxy) is 2. The fourth-order valence-electron chi connectivity index (χ4n) is 1.98. The molecule has 0 radical (unpaired) electrons. The quantitative estimate of drug-likeness (QED) is 0.829. The first-order valence-electron chi connectivity index (χ1n) is 6.57. The number of nitrogens with one attached hydrogen (secondary N) is 1. The Kier molecular flexibility index (Phi) is 4.44. The SMILES string of the molecule is CCC[C@H](C)NC(=O)/C=C/c1ccc2c(c1)OCO2. The topological polar surface area (TPSA) is 47.6 Å². The molecule has 1 aliphatic heterocycles. The van der Waals surface area contributed by atoms with Gasteiger partial charge in [-0.3, -0.25) is 4.79 Å². The number of benzene rings is 1. The maximum atomic E-state index is 11.7. The van der Waals surface area contributed by atoms with Crippen molar-refractivity contribution in [2.75, 3.05) is 6.79 Å². The van der Waals surface area contributed by atoms with Gasteiger partial charge in [0.25, 0.3) is 0 Å². The molecule has 0 fully saturated rings. The lowest BCUT2D eigenvalue weighted by atomic mass is 10.1. The van der Waals surface area contributed by atoms with Gasteiger partial charge in [-0.25, -0.2) is 0 Å². The molecule has 0 spiro atoms. The number of hydrogen-bond donors (Lipinski definition) is 1. The number of hydrogen-bond acceptors (Lipinski definition) is 3. The molecule has 19 heavy (non-hydrogen) atoms. The van der Waals surface area contributed by atoms with Gasteiger partial charge in [-0.1, -0.05) is 19.4 Å². The fraction of sp³-hybridized carbons (Fsp3) is 0.400. The molecule has 0 saturated carbocycles. The van der Waals surface area contributed by atoms with Crippen molar-refractivity contribution < 1.29 is 14.3 Å². The van der Waals surface area contributed by atoms with Gasteiger partial charge in [0, 0.05) is 12.1 Å². The van der Waals surface area contributed by atoms with E-state index >= 15 is 0 Å². The van der Waals surface area contributed by atoms with Crippen molar-refractivity contribution in [3.8, 4) is 11.5 Å². The van der Waals surface area contributed by atoms with Crippen LogP contribution in [0.2, 0.25) is 0 Å². The Balaban J connectivity index is 1.93. The zero-order valence-electron chi connectivity index (χ0n) is 11.3. The highest BCUT2D eigenvalue weighted by Gasteiger charge is 2.12. The normalized spacial score (nSPS) is 14.6. The molecule has 1 heterocycles. The molecule has 102 valence electrons. The number of amides is 1. The molecule has 1 aromatic rings. The molecule has 4 heteroatoms. The molecule has 0 aliphatic carbocycles. The lowest BCUT2D eigenvalue weighted by Crippen LogP contribution is -2.30. The summed E-state index contributed by atoms with van der Waals surface area (Å²) >= 11 is 0. The summed E-state index contributed by atoms with van der Waals surface area (Å²) in [4.78, 5) is 11.7. The van der Waals surface area contributed by atoms with Crippen LogP contribution in [0.15, 0.2) is 24.3 Å². The van der Waals surface area contributed by atoms with Crippen molar-refractivity contribution in [2.45, 2.75) is 32.7 Å². The summed E-state index contributed by atoms with van der Waals surface area (Å²) in [6, 6.07) is 5.81. The summed E-state index contributed by atoms with van der Waals surface area (Å²) < 4.78 is 10.5. The van der Waals surface area contributed by atoms with Crippen LogP contribution in [0.25, 0.3) is 6.08 Å². The van der Waals surface area contributed by atoms with Crippen molar-refractivity contribution in [3.63, 3.8) is 0 Å². The maximum Gasteiger partial charge on any atom is 0.244 e. The van der Waals surface area contributed by atoms with Crippen LogP contribution in [-0.4, -0.2) is 18.7 Å². The molecule has 0 saturated heterocycles. The first-order valence-corrected chi connectivity index (χ1v) is 6.57. The molecule has 1 amide bonds. The van der Waals surface area contributed by atoms with Crippen molar-refractivity contribution in [3.05, 3.63) is 29.8 Å². The molecule has 4 nitrogen and oxygen atoms in total. The van der Waals surface area contributed by atoms with Gasteiger partial charge in [0.15, 0.2) is 11.5 Å². The van der Waals surface area contributed by atoms with Crippen LogP contribution in [0.3, 0.4) is 0 Å². The first kappa shape index (κ1) is 13.5. The van der Waals surface area contributed by atoms with Gasteiger partial charge in [-0.05, 0) is 37.1 Å². The van der Waals surface area contributed by atoms with Gasteiger partial charge in [0.2, 0.25) is 12.7 Å². The minimum Gasteiger partial charge on any atom is -0.454 e. The number of rotatable bonds is 5. The Hall–Kier alpha value is -1.97. The van der Waals surface area contributed by atoms with Crippen LogP contribution in [0, 0.1) is 0 Å². The summed E-state index contributed by atoms with van der Waals surface area (Å²) in [5.41, 5.74) is 0.919. The molecule has 1 aliphatic rings. The lowest BCUT2D eigenvalue weighted by Gasteiger charge is -2.10. The van der Waals surface area contributed by atoms with E-state index in [1.807, 2.05) is 25.1 Å². The summed E-state index contributed by atoms with van der Waals surface area (Å²) in [5.74, 6) is 1.40. The van der Waals surface area contributed by atoms with Crippen LogP contribution in [-0.2, 0) is 4.79 Å². The number of carbonyl (C=O) groups excluding carboxylic acids is 1. The van der Waals surface area contributed by atoms with E-state index in [-0.39, 0.29) is 18.7 Å². The second kappa shape index (κ2) is 6.27. The van der Waals surface area contributed by atoms with Crippen molar-refractivity contribution in [1.29, 1.82) is 0 Å². The van der Waals surface area contributed by atoms with Crippen molar-refractivity contribution in [1.82, 2.24) is 5.32 Å². The van der Waals surface area contributed by atoms with Crippen LogP contribution in [0.5, 0.6) is 11.5 Å². The van der Waals surface area contributed by atoms with E-state index in [0.717, 1.165) is 29.9 Å². The number of carbonyl (C=O) groups is 1. The predicted molar refractivity (Wildman–Crippen MR) is 74.1 cm³/mol. The predicted octanol–water partition coefficient (Wildman–Crippen LogP) is 2.73. The van der Waals surface area contributed by atoms with Gasteiger partial charge in [0.1, 0.15) is 0 Å². The summed E-state index contributed by atoms with van der Waals surface area (Å²) in [5, 5.41) is 2.92. The van der Waals surface area contributed by atoms with E-state index in [1.165, 1.54) is 0 Å². The number of fused-ring (bicyclic) bond motifs is 1. The van der Waals surface area contributed by atoms with Crippen LogP contribution in [0.4, 0.5) is 0 Å². The Morgan fingerprint density at radius 1 is 1.42 bits per heavy atom. The first-order chi connectivity index (χ1) is 9.19. The fourth-order valence-corrected chi connectivity index (χ4v) is 1.98. The average molecular weight is 261 g/mol. The highest BCUT2D eigenvalue weighted by molar-refractivity contribution is 5.91. The highest BCUT2D eigenvalue weighted by atomic mass is 16.7. The van der Waals surface area contributed by atoms with Gasteiger partial charge < -0.3 is 14.8 Å². The Labute approximate surface area is 113 Å². The van der Waals surface area contributed by atoms with Crippen LogP contribution in [0.1, 0.15) is 32.3 Å². The molecular formula is C15H19NO3. The Morgan fingerprint density at radius 3 is 3.00 bits per heavy atom. The van der Waals surface area contributed by atoms with E-state index < -0.39 is 0 Å². The second-order valence-corrected chi connectivity index (χ2v) is 4.64. The van der Waals surface area contributed by atoms with E-state index in [4.69, 9.17) is 9.47 Å². The molecule has 2 rings (SSSR count). The van der Waals surface area contributed by atoms with E-state index in [1.54, 1.807) is 12.2 Å². The molecule has 1 atom stereocenters. The summed E-state index contributed by atoms with van der Waals surface area (Å²) in [7, 11) is 0. The van der Waals surface area contributed by atoms with Gasteiger partial charge in [-0.2, -0.15) is 0 Å². The summed E-state index contributed by atoms with van der Waals surface area (Å²) in [6.07, 6.45) is 5.37. The second-order valence-electron chi connectivity index (χ2n) is 4.64. The van der Waals surface area contributed by atoms with E-state index in [0.29, 0.717) is 0 Å². The van der Waals surface area contributed by atoms with Gasteiger partial charge >= 0.3 is 0 Å². The molecule has 0 aromatic heterocycles. The molecule has 1 N–H and O–H groups in total. The molecule has 0 unspecified atom stereocenters. The lowest BCUT2D eigenvalue weighted by molar-refractivity contribution is -0.117. The Morgan fingerprint density at radius 2 is 2.21 bits per heavy atom. The van der Waals surface area contributed by atoms with Crippen LogP contribution >= 0.6 is 0 Å². The minimum absolute atomic E-state index is 0.0707. The zero-order valence-corrected chi connectivity index (χ0v) is 11.3. The van der Waals surface area contributed by atoms with Gasteiger partial charge in [0.05, 0.1) is 0 Å². The average Bonchev–Trinajstić information content (AvgIpc) is 2.83. The monoisotopic (exact) mass is 261 g/mol. The Bertz CT molecular complexity index is 482. The maximum absolute atomic E-state index is 11.7. The molecular weight excluding hydrogens is 242 g/mol. The highest BCUT2D eigenvalue weighted by Crippen LogP contribution is 2.32. The van der Waals surface area contributed by atoms with Crippen molar-refractivity contribution >= 4 is 12.0 Å². The largest absolute Gasteiger partial charge is 0.454 e. The summed E-state index contributed by atoms with van der Waals surface area (Å²) in [6.45, 7) is 4.37. The standard InChI is InChI=1S/C15H19NO3/c1-3-4-11(2)16-15(17)8-6-12-5-7-13-14(9-12)19-10-18-13/h5-9,11H,3-4,10H2,1-2H3,(H,16,17)/b8-6+/t11-/m0/s1. The van der Waals surface area contributed by atoms with E-state index in [9.17, 15) is 4.79 Å². The van der Waals surface area contributed by atoms with E-state index in [2.05, 4.69) is 12.2 Å². The van der Waals surface area contributed by atoms with Crippen molar-refractivity contribution in [2.24, 2.45) is 0 Å². The molecule has 0 bridgehead atoms. The third-order valence-corrected chi connectivity index (χ3v) is 2.93. The van der Waals surface area contributed by atoms with Crippen LogP contribution < -0.4 is 14.8 Å². The zero-order chi connectivity index (χ0) is 13.7. The minimum atomic E-state index is -0.0707. The molecule has 1 aromatic carbocycles. The smallest absolute Gasteiger partial charge is 0.244 e. The van der Waals surface area contributed by atoms with Gasteiger partial charge in [-0.15, -0.1) is 0 Å². The third kappa shape index (κ3) is 3.74.